The number of ether oxygens (including phenoxy) is 1. The van der Waals surface area contributed by atoms with Gasteiger partial charge in [-0.1, -0.05) is 12.1 Å². The molecule has 0 spiro atoms. The number of carbonyl (C=O) groups excluding carboxylic acids is 1. The third kappa shape index (κ3) is 3.81. The largest absolute Gasteiger partial charge is 0.489 e. The summed E-state index contributed by atoms with van der Waals surface area (Å²) in [7, 11) is 1.68. The lowest BCUT2D eigenvalue weighted by molar-refractivity contribution is -0.132. The predicted molar refractivity (Wildman–Crippen MR) is 72.9 cm³/mol. The van der Waals surface area contributed by atoms with Gasteiger partial charge in [0.1, 0.15) is 6.61 Å². The maximum Gasteiger partial charge on any atom is 0.242 e. The maximum absolute atomic E-state index is 13.2. The van der Waals surface area contributed by atoms with Gasteiger partial charge >= 0.3 is 0 Å². The average molecular weight is 289 g/mol. The van der Waals surface area contributed by atoms with Crippen LogP contribution in [0.15, 0.2) is 24.3 Å². The topological polar surface area (TPSA) is 55.6 Å². The van der Waals surface area contributed by atoms with E-state index in [0.717, 1.165) is 12.8 Å². The number of rotatable bonds is 5. The van der Waals surface area contributed by atoms with Gasteiger partial charge in [0.05, 0.1) is 12.1 Å². The molecule has 0 unspecified atom stereocenters. The standard InChI is InChI=1S/C13H17FN2O2.ClH/c1-16(12(17)13(15)6-7-13)8-9-18-11-5-3-2-4-10(11)14;/h2-5H,6-9,15H2,1H3;1H. The molecular formula is C13H18ClFN2O2. The number of nitrogens with two attached hydrogens (primary N) is 1. The summed E-state index contributed by atoms with van der Waals surface area (Å²) in [6, 6.07) is 6.20. The number of benzene rings is 1. The zero-order chi connectivity index (χ0) is 13.2. The predicted octanol–water partition coefficient (Wildman–Crippen LogP) is 1.58. The van der Waals surface area contributed by atoms with Crippen molar-refractivity contribution in [3.63, 3.8) is 0 Å². The average Bonchev–Trinajstić information content (AvgIpc) is 3.10. The van der Waals surface area contributed by atoms with E-state index in [1.54, 1.807) is 25.2 Å². The van der Waals surface area contributed by atoms with Crippen molar-refractivity contribution >= 4 is 18.3 Å². The second-order valence-electron chi connectivity index (χ2n) is 4.66. The van der Waals surface area contributed by atoms with E-state index in [1.165, 1.54) is 11.0 Å². The minimum atomic E-state index is -0.660. The Labute approximate surface area is 118 Å². The second-order valence-corrected chi connectivity index (χ2v) is 4.66. The van der Waals surface area contributed by atoms with Gasteiger partial charge in [-0.3, -0.25) is 4.79 Å². The number of likely N-dealkylation sites (N-methyl/N-ethyl adjacent to an activating group) is 1. The minimum Gasteiger partial charge on any atom is -0.489 e. The number of nitrogens with zero attached hydrogens (tertiary/aromatic N) is 1. The summed E-state index contributed by atoms with van der Waals surface area (Å²) >= 11 is 0. The lowest BCUT2D eigenvalue weighted by Crippen LogP contribution is -2.45. The maximum atomic E-state index is 13.2. The monoisotopic (exact) mass is 288 g/mol. The van der Waals surface area contributed by atoms with Crippen molar-refractivity contribution in [2.75, 3.05) is 20.2 Å². The van der Waals surface area contributed by atoms with Crippen molar-refractivity contribution in [1.29, 1.82) is 0 Å². The van der Waals surface area contributed by atoms with E-state index in [2.05, 4.69) is 0 Å². The van der Waals surface area contributed by atoms with Gasteiger partial charge in [-0.2, -0.15) is 0 Å². The third-order valence-electron chi connectivity index (χ3n) is 3.08. The number of halogens is 2. The lowest BCUT2D eigenvalue weighted by atomic mass is 10.2. The molecule has 0 aliphatic heterocycles. The molecular weight excluding hydrogens is 271 g/mol. The SMILES string of the molecule is CN(CCOc1ccccc1F)C(=O)C1(N)CC1.Cl. The fourth-order valence-corrected chi connectivity index (χ4v) is 1.68. The van der Waals surface area contributed by atoms with Crippen LogP contribution in [-0.4, -0.2) is 36.5 Å². The first-order valence-corrected chi connectivity index (χ1v) is 5.95. The Morgan fingerprint density at radius 2 is 2.11 bits per heavy atom. The van der Waals surface area contributed by atoms with Crippen molar-refractivity contribution < 1.29 is 13.9 Å². The smallest absolute Gasteiger partial charge is 0.242 e. The Bertz CT molecular complexity index is 452. The van der Waals surface area contributed by atoms with Crippen molar-refractivity contribution in [2.24, 2.45) is 5.73 Å². The lowest BCUT2D eigenvalue weighted by Gasteiger charge is -2.20. The van der Waals surface area contributed by atoms with Crippen LogP contribution in [0.5, 0.6) is 5.75 Å². The van der Waals surface area contributed by atoms with Gasteiger partial charge in [0.15, 0.2) is 11.6 Å². The quantitative estimate of drug-likeness (QED) is 0.895. The zero-order valence-corrected chi connectivity index (χ0v) is 11.6. The summed E-state index contributed by atoms with van der Waals surface area (Å²) in [5.74, 6) is -0.268. The van der Waals surface area contributed by atoms with Crippen molar-refractivity contribution in [2.45, 2.75) is 18.4 Å². The zero-order valence-electron chi connectivity index (χ0n) is 10.8. The molecule has 0 heterocycles. The van der Waals surface area contributed by atoms with E-state index in [0.29, 0.717) is 6.54 Å². The molecule has 0 radical (unpaired) electrons. The molecule has 6 heteroatoms. The molecule has 0 saturated heterocycles. The molecule has 0 aromatic heterocycles. The summed E-state index contributed by atoms with van der Waals surface area (Å²) in [6.45, 7) is 0.644. The van der Waals surface area contributed by atoms with Gasteiger partial charge in [0, 0.05) is 7.05 Å². The van der Waals surface area contributed by atoms with E-state index < -0.39 is 11.4 Å². The first-order valence-electron chi connectivity index (χ1n) is 5.95. The van der Waals surface area contributed by atoms with Crippen molar-refractivity contribution in [1.82, 2.24) is 4.90 Å². The fraction of sp³-hybridized carbons (Fsp3) is 0.462. The summed E-state index contributed by atoms with van der Waals surface area (Å²) in [5, 5.41) is 0. The van der Waals surface area contributed by atoms with E-state index in [-0.39, 0.29) is 30.7 Å². The molecule has 106 valence electrons. The highest BCUT2D eigenvalue weighted by Gasteiger charge is 2.47. The first kappa shape index (κ1) is 15.7. The summed E-state index contributed by atoms with van der Waals surface area (Å²) in [4.78, 5) is 13.3. The highest BCUT2D eigenvalue weighted by molar-refractivity contribution is 5.88. The summed E-state index contributed by atoms with van der Waals surface area (Å²) in [5.41, 5.74) is 5.15. The molecule has 1 amide bonds. The van der Waals surface area contributed by atoms with Crippen LogP contribution < -0.4 is 10.5 Å². The molecule has 19 heavy (non-hydrogen) atoms. The molecule has 2 rings (SSSR count). The van der Waals surface area contributed by atoms with Gasteiger partial charge in [-0.25, -0.2) is 4.39 Å². The number of hydrogen-bond donors (Lipinski definition) is 1. The van der Waals surface area contributed by atoms with Gasteiger partial charge in [0.2, 0.25) is 5.91 Å². The number of para-hydroxylation sites is 1. The molecule has 1 saturated carbocycles. The van der Waals surface area contributed by atoms with Gasteiger partial charge in [-0.15, -0.1) is 12.4 Å². The molecule has 2 N–H and O–H groups in total. The van der Waals surface area contributed by atoms with E-state index in [4.69, 9.17) is 10.5 Å². The third-order valence-corrected chi connectivity index (χ3v) is 3.08. The highest BCUT2D eigenvalue weighted by Crippen LogP contribution is 2.33. The van der Waals surface area contributed by atoms with Gasteiger partial charge < -0.3 is 15.4 Å². The summed E-state index contributed by atoms with van der Waals surface area (Å²) in [6.07, 6.45) is 1.48. The summed E-state index contributed by atoms with van der Waals surface area (Å²) < 4.78 is 18.5. The van der Waals surface area contributed by atoms with Crippen LogP contribution in [-0.2, 0) is 4.79 Å². The molecule has 1 aromatic rings. The van der Waals surface area contributed by atoms with Crippen LogP contribution in [0.4, 0.5) is 4.39 Å². The fourth-order valence-electron chi connectivity index (χ4n) is 1.68. The van der Waals surface area contributed by atoms with Crippen LogP contribution in [0.2, 0.25) is 0 Å². The van der Waals surface area contributed by atoms with E-state index in [1.807, 2.05) is 0 Å². The Morgan fingerprint density at radius 1 is 1.47 bits per heavy atom. The Hall–Kier alpha value is -1.33. The van der Waals surface area contributed by atoms with Crippen LogP contribution in [0.1, 0.15) is 12.8 Å². The Balaban J connectivity index is 0.00000180. The first-order chi connectivity index (χ1) is 8.53. The molecule has 4 nitrogen and oxygen atoms in total. The van der Waals surface area contributed by atoms with Crippen molar-refractivity contribution in [3.8, 4) is 5.75 Å². The molecule has 0 bridgehead atoms. The number of amides is 1. The Morgan fingerprint density at radius 3 is 2.68 bits per heavy atom. The highest BCUT2D eigenvalue weighted by atomic mass is 35.5. The van der Waals surface area contributed by atoms with E-state index >= 15 is 0 Å². The van der Waals surface area contributed by atoms with Crippen molar-refractivity contribution in [3.05, 3.63) is 30.1 Å². The number of hydrogen-bond acceptors (Lipinski definition) is 3. The van der Waals surface area contributed by atoms with Crippen LogP contribution in [0.25, 0.3) is 0 Å². The molecule has 0 atom stereocenters. The van der Waals surface area contributed by atoms with Crippen LogP contribution in [0, 0.1) is 5.82 Å². The molecule has 1 fully saturated rings. The minimum absolute atomic E-state index is 0. The van der Waals surface area contributed by atoms with Gasteiger partial charge in [-0.05, 0) is 25.0 Å². The molecule has 1 aliphatic rings. The van der Waals surface area contributed by atoms with Crippen LogP contribution in [0.3, 0.4) is 0 Å². The second kappa shape index (κ2) is 6.21. The molecule has 1 aliphatic carbocycles. The molecule has 1 aromatic carbocycles. The van der Waals surface area contributed by atoms with E-state index in [9.17, 15) is 9.18 Å². The normalized spacial score (nSPS) is 15.3. The van der Waals surface area contributed by atoms with Crippen LogP contribution >= 0.6 is 12.4 Å². The number of carbonyl (C=O) groups is 1. The van der Waals surface area contributed by atoms with Gasteiger partial charge in [0.25, 0.3) is 0 Å². The Kier molecular flexibility index (Phi) is 5.14.